The summed E-state index contributed by atoms with van der Waals surface area (Å²) in [5.41, 5.74) is 0. The predicted octanol–water partition coefficient (Wildman–Crippen LogP) is 2.01. The van der Waals surface area contributed by atoms with Gasteiger partial charge < -0.3 is 0 Å². The molecule has 1 unspecified atom stereocenters. The first kappa shape index (κ1) is 7.02. The molecule has 0 aliphatic rings. The van der Waals surface area contributed by atoms with Crippen LogP contribution in [-0.4, -0.2) is 17.2 Å². The van der Waals surface area contributed by atoms with Gasteiger partial charge in [0.15, 0.2) is 0 Å². The van der Waals surface area contributed by atoms with E-state index >= 15 is 0 Å². The summed E-state index contributed by atoms with van der Waals surface area (Å²) in [5.74, 6) is 0. The van der Waals surface area contributed by atoms with Gasteiger partial charge in [0, 0.05) is 0 Å². The summed E-state index contributed by atoms with van der Waals surface area (Å²) < 4.78 is -1.52. The van der Waals surface area contributed by atoms with Gasteiger partial charge in [-0.3, -0.25) is 0 Å². The van der Waals surface area contributed by atoms with Crippen LogP contribution >= 0.6 is 29.2 Å². The van der Waals surface area contributed by atoms with Gasteiger partial charge in [-0.2, -0.15) is 0 Å². The van der Waals surface area contributed by atoms with Crippen molar-refractivity contribution in [1.82, 2.24) is 0 Å². The van der Waals surface area contributed by atoms with E-state index in [2.05, 4.69) is 27.3 Å². The first-order valence-electron chi connectivity index (χ1n) is 0.968. The third kappa shape index (κ3) is 23.9. The number of hydrogen-bond acceptors (Lipinski definition) is 1. The molecule has 0 aromatic rings. The molecule has 5 heteroatoms. The fraction of sp³-hybridized carbons (Fsp3) is 0. The quantitative estimate of drug-likeness (QED) is 0.411. The van der Waals surface area contributed by atoms with Gasteiger partial charge in [0.2, 0.25) is 0 Å². The molecule has 0 nitrogen and oxygen atoms in total. The Balaban J connectivity index is 3.47. The first-order valence-corrected chi connectivity index (χ1v) is 7.14. The summed E-state index contributed by atoms with van der Waals surface area (Å²) in [6.45, 7) is 0. The summed E-state index contributed by atoms with van der Waals surface area (Å²) in [6, 6.07) is 0. The maximum absolute atomic E-state index is 5.37. The summed E-state index contributed by atoms with van der Waals surface area (Å²) in [6.07, 6.45) is 0. The van der Waals surface area contributed by atoms with Crippen molar-refractivity contribution in [3.05, 3.63) is 0 Å². The van der Waals surface area contributed by atoms with Crippen molar-refractivity contribution >= 4 is 58.3 Å². The van der Waals surface area contributed by atoms with Crippen molar-refractivity contribution in [2.45, 2.75) is 0 Å². The Bertz CT molecular complexity index is 57.8. The standard InChI is InChI=1S/BrClPS.Li/c1-3(2)4;/q+1;-1. The van der Waals surface area contributed by atoms with Crippen molar-refractivity contribution in [3.63, 3.8) is 0 Å². The van der Waals surface area contributed by atoms with Gasteiger partial charge in [-0.05, 0) is 0 Å². The molecule has 0 heterocycles. The molecule has 0 aliphatic carbocycles. The second-order valence-corrected chi connectivity index (χ2v) is 13.9. The van der Waals surface area contributed by atoms with E-state index < -0.39 is 2.52 Å². The molecule has 0 radical (unpaired) electrons. The molecule has 0 saturated carbocycles. The molecule has 0 fully saturated rings. The monoisotopic (exact) mass is 184 g/mol. The molecule has 5 heavy (non-hydrogen) atoms. The molecule has 0 aliphatic heterocycles. The van der Waals surface area contributed by atoms with Crippen LogP contribution in [0.5, 0.6) is 0 Å². The van der Waals surface area contributed by atoms with Crippen molar-refractivity contribution in [2.24, 2.45) is 0 Å². The fourth-order valence-electron chi connectivity index (χ4n) is 0. The second-order valence-electron chi connectivity index (χ2n) is 0.723. The summed E-state index contributed by atoms with van der Waals surface area (Å²) >= 11 is 14.9. The van der Waals surface area contributed by atoms with Crippen molar-refractivity contribution < 1.29 is 0 Å². The third-order valence-corrected chi connectivity index (χ3v) is 0. The molecule has 0 amide bonds. The molecule has 1 atom stereocenters. The Morgan fingerprint density at radius 2 is 2.00 bits per heavy atom. The van der Waals surface area contributed by atoms with Crippen LogP contribution in [0.3, 0.4) is 0 Å². The Kier molecular flexibility index (Phi) is 3.31. The number of rotatable bonds is 0. The first-order chi connectivity index (χ1) is 2.00. The van der Waals surface area contributed by atoms with Crippen LogP contribution < -0.4 is 0 Å². The van der Waals surface area contributed by atoms with Gasteiger partial charge in [0.1, 0.15) is 0 Å². The topological polar surface area (TPSA) is 0 Å². The van der Waals surface area contributed by atoms with Gasteiger partial charge in [-0.25, -0.2) is 0 Å². The molecular weight excluding hydrogens is 185 g/mol. The van der Waals surface area contributed by atoms with Gasteiger partial charge in [0.25, 0.3) is 0 Å². The minimum absolute atomic E-state index is 1.52. The van der Waals surface area contributed by atoms with Crippen molar-refractivity contribution in [3.8, 4) is 0 Å². The van der Waals surface area contributed by atoms with Gasteiger partial charge in [-0.1, -0.05) is 0 Å². The number of halogens is 2. The zero-order valence-corrected chi connectivity index (χ0v) is 6.66. The molecular formula is BrClLiPS. The minimum atomic E-state index is -1.52. The summed E-state index contributed by atoms with van der Waals surface area (Å²) in [4.78, 5) is 0. The predicted molar refractivity (Wildman–Crippen MR) is 34.8 cm³/mol. The normalized spacial score (nSPS) is 21.6. The average Bonchev–Trinajstić information content (AvgIpc) is 0.722. The van der Waals surface area contributed by atoms with E-state index in [1.807, 2.05) is 0 Å². The molecule has 0 spiro atoms. The summed E-state index contributed by atoms with van der Waals surface area (Å²) in [5, 5.41) is 0. The molecule has 0 saturated heterocycles. The van der Waals surface area contributed by atoms with E-state index in [9.17, 15) is 0 Å². The van der Waals surface area contributed by atoms with Crippen LogP contribution in [0.2, 0.25) is 0 Å². The van der Waals surface area contributed by atoms with E-state index in [4.69, 9.17) is 11.2 Å². The van der Waals surface area contributed by atoms with E-state index in [1.54, 1.807) is 17.2 Å². The fourth-order valence-corrected chi connectivity index (χ4v) is 0. The van der Waals surface area contributed by atoms with E-state index in [-0.39, 0.29) is 0 Å². The Morgan fingerprint density at radius 1 is 2.00 bits per heavy atom. The Morgan fingerprint density at radius 3 is 2.00 bits per heavy atom. The zero-order chi connectivity index (χ0) is 4.50. The van der Waals surface area contributed by atoms with E-state index in [1.165, 1.54) is 0 Å². The van der Waals surface area contributed by atoms with Gasteiger partial charge in [-0.15, -0.1) is 0 Å². The van der Waals surface area contributed by atoms with Crippen molar-refractivity contribution in [2.75, 3.05) is 0 Å². The van der Waals surface area contributed by atoms with Gasteiger partial charge >= 0.3 is 58.3 Å². The Hall–Kier alpha value is 2.02. The maximum atomic E-state index is 5.37. The molecule has 0 bridgehead atoms. The number of hydrogen-bond donors (Lipinski definition) is 0. The SMILES string of the molecule is [Li][P](=S)(Cl)Br. The van der Waals surface area contributed by atoms with Gasteiger partial charge in [0.05, 0.1) is 0 Å². The molecule has 0 rings (SSSR count). The van der Waals surface area contributed by atoms with Crippen LogP contribution in [-0.2, 0) is 11.8 Å². The van der Waals surface area contributed by atoms with Crippen LogP contribution in [0.1, 0.15) is 0 Å². The molecule has 0 N–H and O–H groups in total. The Labute approximate surface area is 57.9 Å². The van der Waals surface area contributed by atoms with Crippen LogP contribution in [0.4, 0.5) is 0 Å². The molecule has 26 valence electrons. The van der Waals surface area contributed by atoms with Crippen LogP contribution in [0, 0.1) is 0 Å². The zero-order valence-electron chi connectivity index (χ0n) is 2.61. The third-order valence-electron chi connectivity index (χ3n) is 0. The molecule has 0 aromatic heterocycles. The molecule has 0 aromatic carbocycles. The van der Waals surface area contributed by atoms with Crippen LogP contribution in [0.25, 0.3) is 0 Å². The van der Waals surface area contributed by atoms with E-state index in [0.29, 0.717) is 0 Å². The second kappa shape index (κ2) is 2.36. The van der Waals surface area contributed by atoms with Crippen molar-refractivity contribution in [1.29, 1.82) is 0 Å². The average molecular weight is 185 g/mol. The summed E-state index contributed by atoms with van der Waals surface area (Å²) in [7, 11) is 0. The van der Waals surface area contributed by atoms with Crippen LogP contribution in [0.15, 0.2) is 0 Å². The van der Waals surface area contributed by atoms with E-state index in [0.717, 1.165) is 0 Å².